The summed E-state index contributed by atoms with van der Waals surface area (Å²) < 4.78 is 11.3. The number of carbonyl (C=O) groups is 1. The van der Waals surface area contributed by atoms with Crippen LogP contribution in [0.3, 0.4) is 0 Å². The number of morpholine rings is 1. The molecule has 1 N–H and O–H groups in total. The maximum absolute atomic E-state index is 12.3. The second-order valence-corrected chi connectivity index (χ2v) is 6.69. The van der Waals surface area contributed by atoms with Crippen LogP contribution in [0.4, 0.5) is 0 Å². The first-order chi connectivity index (χ1) is 11.6. The molecule has 24 heavy (non-hydrogen) atoms. The van der Waals surface area contributed by atoms with Crippen molar-refractivity contribution >= 4 is 33.4 Å². The lowest BCUT2D eigenvalue weighted by molar-refractivity contribution is 0.0162. The number of ether oxygens (including phenoxy) is 1. The lowest BCUT2D eigenvalue weighted by atomic mass is 10.0. The number of carbonyl (C=O) groups excluding carboxylic acids is 1. The van der Waals surface area contributed by atoms with Gasteiger partial charge < -0.3 is 14.5 Å². The molecule has 0 spiro atoms. The lowest BCUT2D eigenvalue weighted by Gasteiger charge is -2.35. The average molecular weight is 414 g/mol. The molecular weight excluding hydrogens is 396 g/mol. The van der Waals surface area contributed by atoms with E-state index < -0.39 is 0 Å². The summed E-state index contributed by atoms with van der Waals surface area (Å²) in [4.78, 5) is 14.5. The number of halogens is 2. The Kier molecular flexibility index (Phi) is 5.94. The Morgan fingerprint density at radius 3 is 2.67 bits per heavy atom. The summed E-state index contributed by atoms with van der Waals surface area (Å²) in [6, 6.07) is 11.1. The molecule has 0 saturated carbocycles. The van der Waals surface area contributed by atoms with Crippen LogP contribution in [-0.2, 0) is 4.74 Å². The fourth-order valence-corrected chi connectivity index (χ4v) is 3.35. The van der Waals surface area contributed by atoms with Crippen LogP contribution in [0.25, 0.3) is 0 Å². The minimum absolute atomic E-state index is 0.00930. The van der Waals surface area contributed by atoms with E-state index in [0.29, 0.717) is 29.5 Å². The number of benzene rings is 1. The van der Waals surface area contributed by atoms with Gasteiger partial charge in [-0.3, -0.25) is 9.69 Å². The number of nitrogens with one attached hydrogen (secondary N) is 1. The molecule has 1 saturated heterocycles. The van der Waals surface area contributed by atoms with E-state index in [4.69, 9.17) is 20.8 Å². The lowest BCUT2D eigenvalue weighted by Crippen LogP contribution is -2.43. The minimum atomic E-state index is -0.244. The number of nitrogens with zero attached hydrogens (tertiary/aromatic N) is 1. The van der Waals surface area contributed by atoms with Crippen molar-refractivity contribution in [3.8, 4) is 0 Å². The molecule has 0 bridgehead atoms. The Hall–Kier alpha value is -1.34. The minimum Gasteiger partial charge on any atom is -0.444 e. The maximum atomic E-state index is 12.3. The summed E-state index contributed by atoms with van der Waals surface area (Å²) in [5.74, 6) is 0.0350. The molecule has 2 heterocycles. The summed E-state index contributed by atoms with van der Waals surface area (Å²) in [6.07, 6.45) is 0. The van der Waals surface area contributed by atoms with Gasteiger partial charge in [0.1, 0.15) is 0 Å². The molecule has 2 aromatic rings. The Bertz CT molecular complexity index is 701. The highest BCUT2D eigenvalue weighted by Gasteiger charge is 2.25. The van der Waals surface area contributed by atoms with Crippen molar-refractivity contribution in [3.05, 3.63) is 57.4 Å². The Morgan fingerprint density at radius 1 is 1.25 bits per heavy atom. The van der Waals surface area contributed by atoms with Crippen molar-refractivity contribution in [2.75, 3.05) is 32.8 Å². The van der Waals surface area contributed by atoms with Gasteiger partial charge in [0.25, 0.3) is 5.91 Å². The quantitative estimate of drug-likeness (QED) is 0.815. The van der Waals surface area contributed by atoms with E-state index in [1.165, 1.54) is 0 Å². The smallest absolute Gasteiger partial charge is 0.287 e. The van der Waals surface area contributed by atoms with Gasteiger partial charge in [0.2, 0.25) is 0 Å². The Morgan fingerprint density at radius 2 is 2.00 bits per heavy atom. The summed E-state index contributed by atoms with van der Waals surface area (Å²) in [5, 5.41) is 3.64. The molecule has 1 fully saturated rings. The van der Waals surface area contributed by atoms with Gasteiger partial charge in [0, 0.05) is 24.7 Å². The first-order valence-corrected chi connectivity index (χ1v) is 8.92. The highest BCUT2D eigenvalue weighted by atomic mass is 79.9. The highest BCUT2D eigenvalue weighted by molar-refractivity contribution is 9.10. The molecule has 128 valence electrons. The zero-order valence-electron chi connectivity index (χ0n) is 13.0. The third-order valence-electron chi connectivity index (χ3n) is 4.00. The van der Waals surface area contributed by atoms with Crippen molar-refractivity contribution < 1.29 is 13.9 Å². The fourth-order valence-electron chi connectivity index (χ4n) is 2.78. The van der Waals surface area contributed by atoms with E-state index in [2.05, 4.69) is 26.1 Å². The first-order valence-electron chi connectivity index (χ1n) is 7.75. The normalized spacial score (nSPS) is 16.8. The molecule has 0 aliphatic carbocycles. The van der Waals surface area contributed by atoms with E-state index in [9.17, 15) is 4.79 Å². The number of furan rings is 1. The molecule has 1 atom stereocenters. The van der Waals surface area contributed by atoms with E-state index >= 15 is 0 Å². The number of hydrogen-bond acceptors (Lipinski definition) is 4. The van der Waals surface area contributed by atoms with Crippen LogP contribution >= 0.6 is 27.5 Å². The zero-order chi connectivity index (χ0) is 16.9. The van der Waals surface area contributed by atoms with Crippen LogP contribution < -0.4 is 5.32 Å². The fraction of sp³-hybridized carbons (Fsp3) is 0.353. The number of rotatable bonds is 5. The maximum Gasteiger partial charge on any atom is 0.287 e. The molecule has 1 aromatic carbocycles. The number of amides is 1. The summed E-state index contributed by atoms with van der Waals surface area (Å²) >= 11 is 9.58. The van der Waals surface area contributed by atoms with Gasteiger partial charge in [-0.15, -0.1) is 0 Å². The van der Waals surface area contributed by atoms with E-state index in [0.717, 1.165) is 18.7 Å². The highest BCUT2D eigenvalue weighted by Crippen LogP contribution is 2.28. The third kappa shape index (κ3) is 4.19. The average Bonchev–Trinajstić information content (AvgIpc) is 3.04. The summed E-state index contributed by atoms with van der Waals surface area (Å²) in [5.41, 5.74) is 1.00. The van der Waals surface area contributed by atoms with Crippen LogP contribution in [0.2, 0.25) is 5.02 Å². The molecule has 5 nitrogen and oxygen atoms in total. The Balaban J connectivity index is 1.74. The van der Waals surface area contributed by atoms with E-state index in [-0.39, 0.29) is 17.7 Å². The first kappa shape index (κ1) is 17.5. The molecule has 1 aliphatic heterocycles. The van der Waals surface area contributed by atoms with Gasteiger partial charge in [0.15, 0.2) is 10.4 Å². The van der Waals surface area contributed by atoms with Crippen LogP contribution in [0, 0.1) is 0 Å². The topological polar surface area (TPSA) is 54.7 Å². The third-order valence-corrected chi connectivity index (χ3v) is 4.77. The molecule has 1 aromatic heterocycles. The summed E-state index contributed by atoms with van der Waals surface area (Å²) in [7, 11) is 0. The van der Waals surface area contributed by atoms with Gasteiger partial charge in [0.05, 0.1) is 19.3 Å². The van der Waals surface area contributed by atoms with Crippen LogP contribution in [0.5, 0.6) is 0 Å². The molecule has 3 rings (SSSR count). The van der Waals surface area contributed by atoms with Crippen molar-refractivity contribution in [1.82, 2.24) is 10.2 Å². The summed E-state index contributed by atoms with van der Waals surface area (Å²) in [6.45, 7) is 3.41. The van der Waals surface area contributed by atoms with Crippen molar-refractivity contribution in [1.29, 1.82) is 0 Å². The van der Waals surface area contributed by atoms with Gasteiger partial charge >= 0.3 is 0 Å². The molecule has 0 unspecified atom stereocenters. The van der Waals surface area contributed by atoms with Gasteiger partial charge in [-0.1, -0.05) is 29.8 Å². The van der Waals surface area contributed by atoms with Crippen molar-refractivity contribution in [2.45, 2.75) is 6.04 Å². The van der Waals surface area contributed by atoms with Crippen molar-refractivity contribution in [2.24, 2.45) is 0 Å². The van der Waals surface area contributed by atoms with E-state index in [1.807, 2.05) is 24.3 Å². The molecule has 7 heteroatoms. The molecule has 1 amide bonds. The monoisotopic (exact) mass is 412 g/mol. The van der Waals surface area contributed by atoms with Crippen LogP contribution in [0.15, 0.2) is 45.5 Å². The largest absolute Gasteiger partial charge is 0.444 e. The predicted molar refractivity (Wildman–Crippen MR) is 95.3 cm³/mol. The van der Waals surface area contributed by atoms with Crippen molar-refractivity contribution in [3.63, 3.8) is 0 Å². The molecule has 0 radical (unpaired) electrons. The second-order valence-electron chi connectivity index (χ2n) is 5.50. The molecule has 1 aliphatic rings. The van der Waals surface area contributed by atoms with Crippen LogP contribution in [-0.4, -0.2) is 43.7 Å². The second kappa shape index (κ2) is 8.16. The van der Waals surface area contributed by atoms with Crippen LogP contribution in [0.1, 0.15) is 22.2 Å². The predicted octanol–water partition coefficient (Wildman–Crippen LogP) is 3.50. The van der Waals surface area contributed by atoms with Gasteiger partial charge in [-0.25, -0.2) is 0 Å². The molecular formula is C17H18BrClN2O3. The van der Waals surface area contributed by atoms with Gasteiger partial charge in [-0.05, 0) is 39.7 Å². The SMILES string of the molecule is O=C(NC[C@@H](c1ccccc1Cl)N1CCOCC1)c1ccc(Br)o1. The zero-order valence-corrected chi connectivity index (χ0v) is 15.3. The Labute approximate surface area is 154 Å². The van der Waals surface area contributed by atoms with E-state index in [1.54, 1.807) is 12.1 Å². The standard InChI is InChI=1S/C17H18BrClN2O3/c18-16-6-5-15(24-16)17(22)20-11-14(21-7-9-23-10-8-21)12-3-1-2-4-13(12)19/h1-6,14H,7-11H2,(H,20,22)/t14-/m0/s1. The van der Waals surface area contributed by atoms with Gasteiger partial charge in [-0.2, -0.15) is 0 Å². The number of hydrogen-bond donors (Lipinski definition) is 1.